The Labute approximate surface area is 129 Å². The zero-order chi connectivity index (χ0) is 16.8. The van der Waals surface area contributed by atoms with Crippen molar-refractivity contribution >= 4 is 17.7 Å². The van der Waals surface area contributed by atoms with Crippen LogP contribution < -0.4 is 15.4 Å². The van der Waals surface area contributed by atoms with Gasteiger partial charge in [-0.25, -0.2) is 4.79 Å². The summed E-state index contributed by atoms with van der Waals surface area (Å²) in [5.74, 6) is -0.0948. The number of hydrogen-bond donors (Lipinski definition) is 3. The lowest BCUT2D eigenvalue weighted by Crippen LogP contribution is -2.47. The number of rotatable bonds is 5. The molecule has 1 atom stereocenters. The summed E-state index contributed by atoms with van der Waals surface area (Å²) >= 11 is 0. The van der Waals surface area contributed by atoms with E-state index in [4.69, 9.17) is 9.47 Å². The van der Waals surface area contributed by atoms with E-state index in [0.29, 0.717) is 11.4 Å². The summed E-state index contributed by atoms with van der Waals surface area (Å²) in [6.45, 7) is 4.56. The van der Waals surface area contributed by atoms with Gasteiger partial charge in [0.25, 0.3) is 0 Å². The second-order valence-corrected chi connectivity index (χ2v) is 5.57. The van der Waals surface area contributed by atoms with E-state index < -0.39 is 30.3 Å². The molecule has 0 aromatic heterocycles. The van der Waals surface area contributed by atoms with Crippen molar-refractivity contribution in [1.29, 1.82) is 0 Å². The number of carbonyl (C=O) groups is 2. The first-order valence-corrected chi connectivity index (χ1v) is 6.81. The maximum absolute atomic E-state index is 12.1. The number of carbonyl (C=O) groups excluding carboxylic acids is 2. The summed E-state index contributed by atoms with van der Waals surface area (Å²) in [4.78, 5) is 23.8. The molecule has 0 aliphatic rings. The van der Waals surface area contributed by atoms with Gasteiger partial charge in [-0.1, -0.05) is 12.1 Å². The molecule has 1 unspecified atom stereocenters. The molecule has 1 rings (SSSR count). The van der Waals surface area contributed by atoms with Crippen LogP contribution in [-0.4, -0.2) is 42.5 Å². The average Bonchev–Trinajstić information content (AvgIpc) is 2.43. The summed E-state index contributed by atoms with van der Waals surface area (Å²) in [6.07, 6.45) is -0.776. The Morgan fingerprint density at radius 3 is 2.45 bits per heavy atom. The molecule has 0 saturated carbocycles. The normalized spacial score (nSPS) is 12.2. The van der Waals surface area contributed by atoms with Crippen LogP contribution in [0.2, 0.25) is 0 Å². The number of amides is 2. The number of ether oxygens (including phenoxy) is 2. The van der Waals surface area contributed by atoms with Crippen molar-refractivity contribution < 1.29 is 24.2 Å². The fraction of sp³-hybridized carbons (Fsp3) is 0.467. The second-order valence-electron chi connectivity index (χ2n) is 5.57. The van der Waals surface area contributed by atoms with Crippen molar-refractivity contribution in [2.75, 3.05) is 19.0 Å². The Morgan fingerprint density at radius 1 is 1.27 bits per heavy atom. The van der Waals surface area contributed by atoms with Gasteiger partial charge in [0.1, 0.15) is 17.4 Å². The van der Waals surface area contributed by atoms with Crippen LogP contribution in [0.15, 0.2) is 24.3 Å². The van der Waals surface area contributed by atoms with Crippen molar-refractivity contribution in [1.82, 2.24) is 5.32 Å². The molecule has 0 heterocycles. The molecular weight excluding hydrogens is 288 g/mol. The standard InChI is InChI=1S/C15H22N2O5/c1-15(2,3)22-14(20)17-11(9-18)13(19)16-10-7-5-6-8-12(10)21-4/h5-8,11,18H,9H2,1-4H3,(H,16,19)(H,17,20). The van der Waals surface area contributed by atoms with Crippen molar-refractivity contribution in [3.8, 4) is 5.75 Å². The highest BCUT2D eigenvalue weighted by atomic mass is 16.6. The monoisotopic (exact) mass is 310 g/mol. The molecule has 7 nitrogen and oxygen atoms in total. The van der Waals surface area contributed by atoms with Crippen molar-refractivity contribution in [3.05, 3.63) is 24.3 Å². The van der Waals surface area contributed by atoms with Crippen LogP contribution in [0, 0.1) is 0 Å². The molecule has 22 heavy (non-hydrogen) atoms. The van der Waals surface area contributed by atoms with Gasteiger partial charge < -0.3 is 25.2 Å². The maximum atomic E-state index is 12.1. The Morgan fingerprint density at radius 2 is 1.91 bits per heavy atom. The second kappa shape index (κ2) is 7.65. The lowest BCUT2D eigenvalue weighted by Gasteiger charge is -2.22. The number of benzene rings is 1. The summed E-state index contributed by atoms with van der Waals surface area (Å²) in [5.41, 5.74) is -0.247. The summed E-state index contributed by atoms with van der Waals surface area (Å²) in [5, 5.41) is 14.2. The topological polar surface area (TPSA) is 96.9 Å². The highest BCUT2D eigenvalue weighted by molar-refractivity contribution is 5.97. The third kappa shape index (κ3) is 5.61. The fourth-order valence-electron chi connectivity index (χ4n) is 1.61. The first-order valence-electron chi connectivity index (χ1n) is 6.81. The van der Waals surface area contributed by atoms with E-state index in [1.54, 1.807) is 45.0 Å². The largest absolute Gasteiger partial charge is 0.495 e. The van der Waals surface area contributed by atoms with Gasteiger partial charge in [0.2, 0.25) is 5.91 Å². The lowest BCUT2D eigenvalue weighted by molar-refractivity contribution is -0.119. The van der Waals surface area contributed by atoms with Crippen LogP contribution in [0.1, 0.15) is 20.8 Å². The molecule has 0 fully saturated rings. The van der Waals surface area contributed by atoms with Gasteiger partial charge in [-0.05, 0) is 32.9 Å². The molecule has 122 valence electrons. The van der Waals surface area contributed by atoms with E-state index in [2.05, 4.69) is 10.6 Å². The molecule has 7 heteroatoms. The molecule has 3 N–H and O–H groups in total. The van der Waals surface area contributed by atoms with E-state index in [0.717, 1.165) is 0 Å². The number of methoxy groups -OCH3 is 1. The smallest absolute Gasteiger partial charge is 0.408 e. The SMILES string of the molecule is COc1ccccc1NC(=O)C(CO)NC(=O)OC(C)(C)C. The summed E-state index contributed by atoms with van der Waals surface area (Å²) in [6, 6.07) is 5.70. The van der Waals surface area contributed by atoms with Gasteiger partial charge in [-0.15, -0.1) is 0 Å². The number of para-hydroxylation sites is 2. The van der Waals surface area contributed by atoms with Crippen molar-refractivity contribution in [2.45, 2.75) is 32.4 Å². The van der Waals surface area contributed by atoms with E-state index in [1.165, 1.54) is 7.11 Å². The Kier molecular flexibility index (Phi) is 6.18. The van der Waals surface area contributed by atoms with E-state index in [9.17, 15) is 14.7 Å². The van der Waals surface area contributed by atoms with Crippen LogP contribution in [0.25, 0.3) is 0 Å². The van der Waals surface area contributed by atoms with Crippen LogP contribution in [-0.2, 0) is 9.53 Å². The number of alkyl carbamates (subject to hydrolysis) is 1. The molecule has 1 aromatic rings. The number of aliphatic hydroxyl groups excluding tert-OH is 1. The van der Waals surface area contributed by atoms with E-state index in [1.807, 2.05) is 0 Å². The van der Waals surface area contributed by atoms with Crippen LogP contribution in [0.3, 0.4) is 0 Å². The molecule has 0 spiro atoms. The number of nitrogens with one attached hydrogen (secondary N) is 2. The molecular formula is C15H22N2O5. The Balaban J connectivity index is 2.70. The van der Waals surface area contributed by atoms with E-state index >= 15 is 0 Å². The van der Waals surface area contributed by atoms with Gasteiger partial charge in [-0.2, -0.15) is 0 Å². The van der Waals surface area contributed by atoms with Gasteiger partial charge >= 0.3 is 6.09 Å². The quantitative estimate of drug-likeness (QED) is 0.766. The van der Waals surface area contributed by atoms with Crippen LogP contribution in [0.5, 0.6) is 5.75 Å². The number of aliphatic hydroxyl groups is 1. The first-order chi connectivity index (χ1) is 10.3. The first kappa shape index (κ1) is 17.8. The van der Waals surface area contributed by atoms with Gasteiger partial charge in [-0.3, -0.25) is 4.79 Å². The van der Waals surface area contributed by atoms with Crippen LogP contribution in [0.4, 0.5) is 10.5 Å². The van der Waals surface area contributed by atoms with Crippen molar-refractivity contribution in [3.63, 3.8) is 0 Å². The zero-order valence-electron chi connectivity index (χ0n) is 13.2. The van der Waals surface area contributed by atoms with Crippen LogP contribution >= 0.6 is 0 Å². The summed E-state index contributed by atoms with van der Waals surface area (Å²) < 4.78 is 10.2. The molecule has 1 aromatic carbocycles. The van der Waals surface area contributed by atoms with Crippen molar-refractivity contribution in [2.24, 2.45) is 0 Å². The highest BCUT2D eigenvalue weighted by Gasteiger charge is 2.24. The minimum atomic E-state index is -1.13. The highest BCUT2D eigenvalue weighted by Crippen LogP contribution is 2.23. The maximum Gasteiger partial charge on any atom is 0.408 e. The van der Waals surface area contributed by atoms with Gasteiger partial charge in [0.05, 0.1) is 19.4 Å². The lowest BCUT2D eigenvalue weighted by atomic mass is 10.2. The van der Waals surface area contributed by atoms with Gasteiger partial charge in [0.15, 0.2) is 0 Å². The fourth-order valence-corrected chi connectivity index (χ4v) is 1.61. The third-order valence-corrected chi connectivity index (χ3v) is 2.55. The third-order valence-electron chi connectivity index (χ3n) is 2.55. The minimum Gasteiger partial charge on any atom is -0.495 e. The molecule has 0 radical (unpaired) electrons. The zero-order valence-corrected chi connectivity index (χ0v) is 13.2. The minimum absolute atomic E-state index is 0.444. The molecule has 0 aliphatic heterocycles. The number of hydrogen-bond acceptors (Lipinski definition) is 5. The molecule has 0 aliphatic carbocycles. The molecule has 0 saturated heterocycles. The molecule has 0 bridgehead atoms. The van der Waals surface area contributed by atoms with Gasteiger partial charge in [0, 0.05) is 0 Å². The predicted octanol–water partition coefficient (Wildman–Crippen LogP) is 1.52. The average molecular weight is 310 g/mol. The predicted molar refractivity (Wildman–Crippen MR) is 81.9 cm³/mol. The Hall–Kier alpha value is -2.28. The molecule has 2 amide bonds. The van der Waals surface area contributed by atoms with E-state index in [-0.39, 0.29) is 0 Å². The summed E-state index contributed by atoms with van der Waals surface area (Å²) in [7, 11) is 1.48. The number of anilines is 1. The Bertz CT molecular complexity index is 525.